The van der Waals surface area contributed by atoms with E-state index in [9.17, 15) is 9.59 Å². The first-order chi connectivity index (χ1) is 14.5. The summed E-state index contributed by atoms with van der Waals surface area (Å²) in [7, 11) is 3.14. The van der Waals surface area contributed by atoms with Crippen molar-refractivity contribution >= 4 is 29.7 Å². The molecule has 0 saturated carbocycles. The van der Waals surface area contributed by atoms with Gasteiger partial charge in [-0.05, 0) is 42.7 Å². The van der Waals surface area contributed by atoms with E-state index in [1.165, 1.54) is 16.8 Å². The summed E-state index contributed by atoms with van der Waals surface area (Å²) >= 11 is 1.33. The van der Waals surface area contributed by atoms with Gasteiger partial charge in [-0.2, -0.15) is 0 Å². The summed E-state index contributed by atoms with van der Waals surface area (Å²) in [5, 5.41) is 4.42. The number of nitrogens with one attached hydrogen (secondary N) is 2. The topological polar surface area (TPSA) is 79.9 Å². The molecule has 30 heavy (non-hydrogen) atoms. The summed E-state index contributed by atoms with van der Waals surface area (Å²) in [6, 6.07) is 12.9. The maximum atomic E-state index is 12.9. The van der Waals surface area contributed by atoms with Gasteiger partial charge in [0.05, 0.1) is 19.1 Å². The van der Waals surface area contributed by atoms with E-state index >= 15 is 0 Å². The molecule has 0 aliphatic carbocycles. The first-order valence-corrected chi connectivity index (χ1v) is 10.4. The number of hydrazine groups is 1. The van der Waals surface area contributed by atoms with Crippen molar-refractivity contribution in [2.24, 2.45) is 0 Å². The van der Waals surface area contributed by atoms with Crippen LogP contribution in [0.15, 0.2) is 47.4 Å². The number of hydrogen-bond acceptors (Lipinski definition) is 6. The minimum absolute atomic E-state index is 0.150. The number of rotatable bonds is 5. The van der Waals surface area contributed by atoms with Crippen molar-refractivity contribution in [1.29, 1.82) is 0 Å². The van der Waals surface area contributed by atoms with Crippen LogP contribution in [0.2, 0.25) is 0 Å². The molecule has 2 aliphatic rings. The monoisotopic (exact) mass is 425 g/mol. The Hall–Kier alpha value is -2.97. The number of benzene rings is 2. The first kappa shape index (κ1) is 20.3. The number of ether oxygens (including phenoxy) is 2. The van der Waals surface area contributed by atoms with Crippen molar-refractivity contribution in [3.8, 4) is 11.5 Å². The van der Waals surface area contributed by atoms with E-state index in [1.54, 1.807) is 20.3 Å². The highest BCUT2D eigenvalue weighted by Crippen LogP contribution is 2.35. The molecule has 2 aromatic carbocycles. The molecule has 2 unspecified atom stereocenters. The van der Waals surface area contributed by atoms with Crippen molar-refractivity contribution in [2.45, 2.75) is 24.9 Å². The van der Waals surface area contributed by atoms with Crippen LogP contribution in [-0.2, 0) is 16.0 Å². The number of carbonyl (C=O) groups is 2. The summed E-state index contributed by atoms with van der Waals surface area (Å²) in [6.45, 7) is 2.02. The number of nitrogens with zero attached hydrogens (tertiary/aromatic N) is 1. The minimum atomic E-state index is -0.567. The van der Waals surface area contributed by atoms with Gasteiger partial charge in [-0.3, -0.25) is 9.59 Å². The van der Waals surface area contributed by atoms with Crippen molar-refractivity contribution in [3.63, 3.8) is 0 Å². The number of hydrogen-bond donors (Lipinski definition) is 2. The fraction of sp³-hybridized carbons (Fsp3) is 0.273. The number of carbonyl (C=O) groups excluding carboxylic acids is 2. The second kappa shape index (κ2) is 8.41. The molecule has 2 aliphatic heterocycles. The van der Waals surface area contributed by atoms with Gasteiger partial charge in [-0.15, -0.1) is 0 Å². The smallest absolute Gasteiger partial charge is 0.277 e. The molecule has 2 atom stereocenters. The Labute approximate surface area is 179 Å². The van der Waals surface area contributed by atoms with Gasteiger partial charge in [-0.25, -0.2) is 10.4 Å². The molecule has 0 spiro atoms. The summed E-state index contributed by atoms with van der Waals surface area (Å²) in [5.74, 6) is 0.922. The van der Waals surface area contributed by atoms with Crippen LogP contribution in [0.1, 0.15) is 16.7 Å². The van der Waals surface area contributed by atoms with E-state index in [-0.39, 0.29) is 11.8 Å². The van der Waals surface area contributed by atoms with Crippen LogP contribution in [0.5, 0.6) is 11.5 Å². The number of amides is 2. The van der Waals surface area contributed by atoms with Crippen molar-refractivity contribution in [1.82, 2.24) is 15.8 Å². The van der Waals surface area contributed by atoms with Gasteiger partial charge in [0.15, 0.2) is 17.0 Å². The van der Waals surface area contributed by atoms with Crippen molar-refractivity contribution in [2.75, 3.05) is 14.2 Å². The Bertz CT molecular complexity index is 1010. The fourth-order valence-electron chi connectivity index (χ4n) is 3.41. The van der Waals surface area contributed by atoms with Gasteiger partial charge >= 0.3 is 0 Å². The molecule has 2 amide bonds. The predicted molar refractivity (Wildman–Crippen MR) is 116 cm³/mol. The first-order valence-electron chi connectivity index (χ1n) is 9.54. The van der Waals surface area contributed by atoms with Gasteiger partial charge in [0.2, 0.25) is 5.91 Å². The van der Waals surface area contributed by atoms with Gasteiger partial charge in [0, 0.05) is 0 Å². The second-order valence-corrected chi connectivity index (χ2v) is 8.27. The third-order valence-electron chi connectivity index (χ3n) is 5.04. The van der Waals surface area contributed by atoms with Crippen LogP contribution < -0.4 is 20.2 Å². The molecule has 0 bridgehead atoms. The average molecular weight is 426 g/mol. The zero-order valence-electron chi connectivity index (χ0n) is 17.0. The van der Waals surface area contributed by atoms with E-state index in [2.05, 4.69) is 10.7 Å². The molecule has 2 N–H and O–H groups in total. The maximum absolute atomic E-state index is 12.9. The molecule has 2 aromatic rings. The van der Waals surface area contributed by atoms with Gasteiger partial charge in [0.25, 0.3) is 5.91 Å². The summed E-state index contributed by atoms with van der Waals surface area (Å²) in [4.78, 5) is 26.1. The Morgan fingerprint density at radius 1 is 1.07 bits per heavy atom. The van der Waals surface area contributed by atoms with Crippen molar-refractivity contribution in [3.05, 3.63) is 64.1 Å². The molecule has 2 fully saturated rings. The molecule has 8 heteroatoms. The summed E-state index contributed by atoms with van der Waals surface area (Å²) in [5.41, 5.74) is 5.64. The molecule has 4 rings (SSSR count). The summed E-state index contributed by atoms with van der Waals surface area (Å²) in [6.07, 6.45) is 2.26. The van der Waals surface area contributed by atoms with E-state index in [1.807, 2.05) is 49.4 Å². The number of fused-ring (bicyclic) bond motifs is 1. The Balaban J connectivity index is 1.49. The van der Waals surface area contributed by atoms with Crippen LogP contribution in [0.4, 0.5) is 0 Å². The number of aryl methyl sites for hydroxylation is 1. The van der Waals surface area contributed by atoms with Gasteiger partial charge < -0.3 is 14.8 Å². The zero-order valence-corrected chi connectivity index (χ0v) is 17.8. The predicted octanol–water partition coefficient (Wildman–Crippen LogP) is 2.46. The molecular weight excluding hydrogens is 402 g/mol. The molecule has 2 saturated heterocycles. The quantitative estimate of drug-likeness (QED) is 0.717. The molecule has 156 valence electrons. The highest BCUT2D eigenvalue weighted by Gasteiger charge is 2.43. The lowest BCUT2D eigenvalue weighted by Gasteiger charge is -2.35. The third kappa shape index (κ3) is 4.01. The SMILES string of the molecule is COc1ccc(CC2NN3C(=O)/C(=C/c4ccc(C)cc4)SC3NC2=O)cc1OC. The standard InChI is InChI=1S/C22H23N3O4S/c1-13-4-6-14(7-5-13)12-19-21(27)25-22(30-19)23-20(26)16(24-25)10-15-8-9-17(28-2)18(11-15)29-3/h4-9,11-12,16,22,24H,10H2,1-3H3,(H,23,26)/b19-12-. The normalized spacial score (nSPS) is 22.1. The van der Waals surface area contributed by atoms with Crippen LogP contribution in [0.3, 0.4) is 0 Å². The molecule has 0 aromatic heterocycles. The largest absolute Gasteiger partial charge is 0.493 e. The van der Waals surface area contributed by atoms with Gasteiger partial charge in [0.1, 0.15) is 6.04 Å². The van der Waals surface area contributed by atoms with Gasteiger partial charge in [-0.1, -0.05) is 47.7 Å². The van der Waals surface area contributed by atoms with Crippen molar-refractivity contribution < 1.29 is 19.1 Å². The maximum Gasteiger partial charge on any atom is 0.277 e. The Morgan fingerprint density at radius 2 is 1.80 bits per heavy atom. The molecular formula is C22H23N3O4S. The number of methoxy groups -OCH3 is 2. The fourth-order valence-corrected chi connectivity index (χ4v) is 4.49. The highest BCUT2D eigenvalue weighted by molar-refractivity contribution is 8.05. The highest BCUT2D eigenvalue weighted by atomic mass is 32.2. The Kier molecular flexibility index (Phi) is 5.69. The minimum Gasteiger partial charge on any atom is -0.493 e. The molecule has 0 radical (unpaired) electrons. The average Bonchev–Trinajstić information content (AvgIpc) is 3.04. The molecule has 7 nitrogen and oxygen atoms in total. The number of thioether (sulfide) groups is 1. The van der Waals surface area contributed by atoms with E-state index in [0.29, 0.717) is 22.8 Å². The molecule has 2 heterocycles. The zero-order chi connectivity index (χ0) is 21.3. The van der Waals surface area contributed by atoms with Crippen LogP contribution in [0.25, 0.3) is 6.08 Å². The van der Waals surface area contributed by atoms with E-state index < -0.39 is 11.5 Å². The second-order valence-electron chi connectivity index (χ2n) is 7.15. The third-order valence-corrected chi connectivity index (χ3v) is 6.14. The van der Waals surface area contributed by atoms with E-state index in [0.717, 1.165) is 16.7 Å². The van der Waals surface area contributed by atoms with Crippen LogP contribution in [0, 0.1) is 6.92 Å². The van der Waals surface area contributed by atoms with E-state index in [4.69, 9.17) is 9.47 Å². The lowest BCUT2D eigenvalue weighted by molar-refractivity contribution is -0.139. The lowest BCUT2D eigenvalue weighted by atomic mass is 10.0. The van der Waals surface area contributed by atoms with Crippen LogP contribution >= 0.6 is 11.8 Å². The lowest BCUT2D eigenvalue weighted by Crippen LogP contribution is -2.65. The van der Waals surface area contributed by atoms with Crippen LogP contribution in [-0.4, -0.2) is 42.6 Å². The Morgan fingerprint density at radius 3 is 2.50 bits per heavy atom. The summed E-state index contributed by atoms with van der Waals surface area (Å²) < 4.78 is 10.6.